The predicted octanol–water partition coefficient (Wildman–Crippen LogP) is 3.64. The molecule has 1 saturated heterocycles. The zero-order chi connectivity index (χ0) is 24.0. The maximum absolute atomic E-state index is 13.2. The van der Waals surface area contributed by atoms with E-state index < -0.39 is 0 Å². The third-order valence-corrected chi connectivity index (χ3v) is 7.01. The Balaban J connectivity index is 1.35. The molecule has 2 aliphatic rings. The van der Waals surface area contributed by atoms with Gasteiger partial charge in [-0.25, -0.2) is 0 Å². The Morgan fingerprint density at radius 3 is 2.66 bits per heavy atom. The maximum Gasteiger partial charge on any atom is 0.230 e. The van der Waals surface area contributed by atoms with Crippen LogP contribution in [0.2, 0.25) is 0 Å². The van der Waals surface area contributed by atoms with E-state index in [1.165, 1.54) is 24.7 Å². The number of hydrogen-bond acceptors (Lipinski definition) is 6. The van der Waals surface area contributed by atoms with Crippen molar-refractivity contribution in [1.29, 1.82) is 0 Å². The van der Waals surface area contributed by atoms with Crippen molar-refractivity contribution in [3.63, 3.8) is 0 Å². The average molecular weight is 476 g/mol. The molecule has 35 heavy (non-hydrogen) atoms. The highest BCUT2D eigenvalue weighted by Gasteiger charge is 2.31. The molecular weight excluding hydrogens is 442 g/mol. The minimum absolute atomic E-state index is 0.0443. The van der Waals surface area contributed by atoms with Gasteiger partial charge in [-0.05, 0) is 49.8 Å². The van der Waals surface area contributed by atoms with Gasteiger partial charge in [0.25, 0.3) is 0 Å². The van der Waals surface area contributed by atoms with Crippen molar-refractivity contribution in [2.75, 3.05) is 31.6 Å². The first-order valence-electron chi connectivity index (χ1n) is 12.5. The Morgan fingerprint density at radius 1 is 1.09 bits per heavy atom. The van der Waals surface area contributed by atoms with Gasteiger partial charge in [-0.2, -0.15) is 0 Å². The summed E-state index contributed by atoms with van der Waals surface area (Å²) >= 11 is 0. The number of carbonyl (C=O) groups excluding carboxylic acids is 1. The van der Waals surface area contributed by atoms with E-state index in [9.17, 15) is 4.79 Å². The summed E-state index contributed by atoms with van der Waals surface area (Å²) in [6.45, 7) is 2.14. The number of piperazine rings is 1. The van der Waals surface area contributed by atoms with Gasteiger partial charge in [0.2, 0.25) is 5.91 Å². The van der Waals surface area contributed by atoms with E-state index in [-0.39, 0.29) is 24.5 Å². The minimum Gasteiger partial charge on any atom is -0.493 e. The van der Waals surface area contributed by atoms with Gasteiger partial charge < -0.3 is 24.3 Å². The molecule has 0 unspecified atom stereocenters. The fraction of sp³-hybridized carbons (Fsp3) is 0.444. The van der Waals surface area contributed by atoms with Gasteiger partial charge in [0.1, 0.15) is 12.2 Å². The molecule has 1 amide bonds. The van der Waals surface area contributed by atoms with E-state index in [4.69, 9.17) is 9.47 Å². The fourth-order valence-corrected chi connectivity index (χ4v) is 5.18. The monoisotopic (exact) mass is 475 g/mol. The smallest absolute Gasteiger partial charge is 0.230 e. The summed E-state index contributed by atoms with van der Waals surface area (Å²) in [4.78, 5) is 20.5. The molecule has 8 nitrogen and oxygen atoms in total. The van der Waals surface area contributed by atoms with Crippen LogP contribution >= 0.6 is 0 Å². The van der Waals surface area contributed by atoms with E-state index in [0.29, 0.717) is 12.4 Å². The number of methoxy groups -OCH3 is 1. The summed E-state index contributed by atoms with van der Waals surface area (Å²) in [6.07, 6.45) is 7.42. The number of carbonyl (C=O) groups is 1. The molecule has 1 N–H and O–H groups in total. The molecule has 3 aromatic rings. The Labute approximate surface area is 206 Å². The molecule has 5 rings (SSSR count). The topological polar surface area (TPSA) is 83.6 Å². The zero-order valence-corrected chi connectivity index (χ0v) is 20.2. The second-order valence-corrected chi connectivity index (χ2v) is 9.35. The van der Waals surface area contributed by atoms with Crippen LogP contribution in [-0.4, -0.2) is 64.9 Å². The van der Waals surface area contributed by atoms with Crippen molar-refractivity contribution >= 4 is 11.6 Å². The largest absolute Gasteiger partial charge is 0.493 e. The van der Waals surface area contributed by atoms with Gasteiger partial charge in [-0.15, -0.1) is 10.2 Å². The van der Waals surface area contributed by atoms with Gasteiger partial charge >= 0.3 is 0 Å². The quantitative estimate of drug-likeness (QED) is 0.536. The molecule has 184 valence electrons. The Bertz CT molecular complexity index is 1100. The van der Waals surface area contributed by atoms with E-state index in [1.807, 2.05) is 29.2 Å². The van der Waals surface area contributed by atoms with Crippen LogP contribution in [0.15, 0.2) is 54.9 Å². The number of nitrogens with zero attached hydrogens (tertiary/aromatic N) is 4. The van der Waals surface area contributed by atoms with Crippen molar-refractivity contribution in [1.82, 2.24) is 20.1 Å². The molecule has 1 aromatic heterocycles. The van der Waals surface area contributed by atoms with Gasteiger partial charge in [0, 0.05) is 31.4 Å². The highest BCUT2D eigenvalue weighted by atomic mass is 16.5. The van der Waals surface area contributed by atoms with Crippen LogP contribution in [0.3, 0.4) is 0 Å². The van der Waals surface area contributed by atoms with Gasteiger partial charge in [-0.1, -0.05) is 30.3 Å². The number of amides is 1. The molecule has 2 aromatic carbocycles. The lowest BCUT2D eigenvalue weighted by Gasteiger charge is -2.43. The van der Waals surface area contributed by atoms with Crippen molar-refractivity contribution in [3.05, 3.63) is 66.2 Å². The Morgan fingerprint density at radius 2 is 1.91 bits per heavy atom. The lowest BCUT2D eigenvalue weighted by atomic mass is 10.0. The number of benzene rings is 2. The Kier molecular flexibility index (Phi) is 7.16. The highest BCUT2D eigenvalue weighted by molar-refractivity contribution is 5.78. The van der Waals surface area contributed by atoms with Gasteiger partial charge in [-0.3, -0.25) is 4.79 Å². The molecule has 2 fully saturated rings. The van der Waals surface area contributed by atoms with Crippen molar-refractivity contribution in [2.24, 2.45) is 0 Å². The van der Waals surface area contributed by atoms with Crippen LogP contribution in [0.5, 0.6) is 11.5 Å². The van der Waals surface area contributed by atoms with E-state index >= 15 is 0 Å². The molecule has 1 aliphatic carbocycles. The summed E-state index contributed by atoms with van der Waals surface area (Å²) < 4.78 is 11.9. The summed E-state index contributed by atoms with van der Waals surface area (Å²) in [5.41, 5.74) is 2.32. The fourth-order valence-electron chi connectivity index (χ4n) is 5.18. The molecule has 1 aliphatic heterocycles. The number of aromatic amines is 1. The van der Waals surface area contributed by atoms with E-state index in [1.54, 1.807) is 7.11 Å². The van der Waals surface area contributed by atoms with Crippen LogP contribution in [-0.2, 0) is 17.6 Å². The predicted molar refractivity (Wildman–Crippen MR) is 134 cm³/mol. The van der Waals surface area contributed by atoms with Crippen LogP contribution in [0.4, 0.5) is 5.69 Å². The zero-order valence-electron chi connectivity index (χ0n) is 20.2. The maximum atomic E-state index is 13.2. The van der Waals surface area contributed by atoms with Crippen LogP contribution < -0.4 is 14.4 Å². The molecule has 0 radical (unpaired) electrons. The molecule has 2 heterocycles. The number of aromatic nitrogens is 3. The number of ether oxygens (including phenoxy) is 2. The number of nitrogens with one attached hydrogen (secondary N) is 1. The van der Waals surface area contributed by atoms with Crippen LogP contribution in [0.1, 0.15) is 37.1 Å². The van der Waals surface area contributed by atoms with E-state index in [0.717, 1.165) is 49.5 Å². The molecule has 0 bridgehead atoms. The summed E-state index contributed by atoms with van der Waals surface area (Å²) in [5.74, 6) is 2.24. The summed E-state index contributed by atoms with van der Waals surface area (Å²) in [6, 6.07) is 16.6. The third-order valence-electron chi connectivity index (χ3n) is 7.01. The average Bonchev–Trinajstić information content (AvgIpc) is 3.59. The molecule has 1 atom stereocenters. The summed E-state index contributed by atoms with van der Waals surface area (Å²) in [5, 5.41) is 7.81. The van der Waals surface area contributed by atoms with Gasteiger partial charge in [0.15, 0.2) is 11.5 Å². The summed E-state index contributed by atoms with van der Waals surface area (Å²) in [7, 11) is 1.69. The van der Waals surface area contributed by atoms with Gasteiger partial charge in [0.05, 0.1) is 25.7 Å². The van der Waals surface area contributed by atoms with Crippen molar-refractivity contribution in [2.45, 2.75) is 50.7 Å². The highest BCUT2D eigenvalue weighted by Crippen LogP contribution is 2.35. The second-order valence-electron chi connectivity index (χ2n) is 9.35. The van der Waals surface area contributed by atoms with E-state index in [2.05, 4.69) is 44.3 Å². The lowest BCUT2D eigenvalue weighted by molar-refractivity contribution is -0.133. The third kappa shape index (κ3) is 5.58. The second kappa shape index (κ2) is 10.8. The minimum atomic E-state index is 0.0443. The molecule has 8 heteroatoms. The normalized spacial score (nSPS) is 18.6. The van der Waals surface area contributed by atoms with Crippen molar-refractivity contribution < 1.29 is 14.3 Å². The number of H-pyrrole nitrogens is 1. The first-order valence-corrected chi connectivity index (χ1v) is 12.5. The molecule has 1 saturated carbocycles. The number of anilines is 1. The van der Waals surface area contributed by atoms with Crippen molar-refractivity contribution in [3.8, 4) is 11.5 Å². The number of hydrogen-bond donors (Lipinski definition) is 1. The standard InChI is InChI=1S/C27H33N5O3/c1-34-24-12-11-21(16-25(24)35-23-9-5-6-10-23)31-13-14-32(27(33)17-26-28-19-29-30-26)22(18-31)15-20-7-3-2-4-8-20/h2-4,7-8,11-12,16,19,22-23H,5-6,9-10,13-15,17-18H2,1H3,(H,28,29,30)/t22-/m0/s1. The number of rotatable bonds is 8. The molecule has 0 spiro atoms. The van der Waals surface area contributed by atoms with Crippen LogP contribution in [0.25, 0.3) is 0 Å². The first-order chi connectivity index (χ1) is 17.2. The molecular formula is C27H33N5O3. The lowest BCUT2D eigenvalue weighted by Crippen LogP contribution is -2.56. The Hall–Kier alpha value is -3.55. The van der Waals surface area contributed by atoms with Crippen LogP contribution in [0, 0.1) is 0 Å². The SMILES string of the molecule is COc1ccc(N2CCN(C(=O)Cc3nnc[nH]3)[C@@H](Cc3ccccc3)C2)cc1OC1CCCC1. The first kappa shape index (κ1) is 23.2.